The highest BCUT2D eigenvalue weighted by Crippen LogP contribution is 2.14. The molecule has 0 saturated carbocycles. The third-order valence-electron chi connectivity index (χ3n) is 3.89. The van der Waals surface area contributed by atoms with E-state index in [9.17, 15) is 0 Å². The molecule has 1 atom stereocenters. The molecule has 108 valence electrons. The fraction of sp³-hybridized carbons (Fsp3) is 0.625. The molecule has 1 unspecified atom stereocenters. The van der Waals surface area contributed by atoms with Gasteiger partial charge in [0.05, 0.1) is 0 Å². The summed E-state index contributed by atoms with van der Waals surface area (Å²) in [6, 6.07) is 6.99. The molecule has 0 fully saturated rings. The van der Waals surface area contributed by atoms with Crippen LogP contribution in [-0.2, 0) is 6.42 Å². The first kappa shape index (κ1) is 16.2. The van der Waals surface area contributed by atoms with E-state index in [1.807, 2.05) is 0 Å². The van der Waals surface area contributed by atoms with Crippen LogP contribution in [0.4, 0.5) is 0 Å². The molecule has 0 amide bonds. The maximum atomic E-state index is 5.71. The lowest BCUT2D eigenvalue weighted by Crippen LogP contribution is -2.40. The molecule has 0 spiro atoms. The molecule has 0 aliphatic carbocycles. The lowest BCUT2D eigenvalue weighted by Gasteiger charge is -2.23. The second-order valence-corrected chi connectivity index (χ2v) is 5.31. The first-order valence-corrected chi connectivity index (χ1v) is 7.35. The smallest absolute Gasteiger partial charge is 0.0263 e. The van der Waals surface area contributed by atoms with Gasteiger partial charge in [-0.15, -0.1) is 0 Å². The lowest BCUT2D eigenvalue weighted by atomic mass is 9.97. The summed E-state index contributed by atoms with van der Waals surface area (Å²) in [5.41, 5.74) is 7.05. The van der Waals surface area contributed by atoms with Crippen molar-refractivity contribution < 1.29 is 0 Å². The summed E-state index contributed by atoms with van der Waals surface area (Å²) in [5, 5.41) is 0. The third kappa shape index (κ3) is 5.31. The van der Waals surface area contributed by atoms with Crippen LogP contribution in [0.3, 0.4) is 0 Å². The van der Waals surface area contributed by atoms with Gasteiger partial charge in [0, 0.05) is 6.04 Å². The number of rotatable bonds is 8. The van der Waals surface area contributed by atoms with Gasteiger partial charge in [0.1, 0.15) is 0 Å². The fourth-order valence-electron chi connectivity index (χ4n) is 2.41. The molecule has 0 aliphatic heterocycles. The molecular weight excluding hydrogens is 234 g/mol. The van der Waals surface area contributed by atoms with Crippen LogP contribution < -0.4 is 11.3 Å². The van der Waals surface area contributed by atoms with Crippen molar-refractivity contribution in [2.24, 2.45) is 5.84 Å². The topological polar surface area (TPSA) is 41.3 Å². The first-order valence-electron chi connectivity index (χ1n) is 7.35. The van der Waals surface area contributed by atoms with Gasteiger partial charge in [-0.2, -0.15) is 0 Å². The Morgan fingerprint density at radius 2 is 1.89 bits per heavy atom. The molecule has 1 aromatic rings. The van der Waals surface area contributed by atoms with Gasteiger partial charge in [-0.1, -0.05) is 37.6 Å². The Bertz CT molecular complexity index is 372. The Hall–Kier alpha value is -0.900. The van der Waals surface area contributed by atoms with E-state index < -0.39 is 0 Å². The lowest BCUT2D eigenvalue weighted by molar-refractivity contribution is 0.280. The number of hydrogen-bond donors (Lipinski definition) is 2. The van der Waals surface area contributed by atoms with Crippen molar-refractivity contribution in [2.45, 2.75) is 46.6 Å². The van der Waals surface area contributed by atoms with Gasteiger partial charge in [0.25, 0.3) is 0 Å². The Labute approximate surface area is 118 Å². The number of benzene rings is 1. The average molecular weight is 263 g/mol. The van der Waals surface area contributed by atoms with E-state index in [0.717, 1.165) is 32.5 Å². The highest BCUT2D eigenvalue weighted by molar-refractivity contribution is 5.31. The van der Waals surface area contributed by atoms with E-state index in [1.165, 1.54) is 16.7 Å². The number of nitrogens with two attached hydrogens (primary N) is 1. The zero-order valence-corrected chi connectivity index (χ0v) is 12.9. The Morgan fingerprint density at radius 1 is 1.21 bits per heavy atom. The Morgan fingerprint density at radius 3 is 2.47 bits per heavy atom. The first-order chi connectivity index (χ1) is 9.10. The number of nitrogens with zero attached hydrogens (tertiary/aromatic N) is 1. The summed E-state index contributed by atoms with van der Waals surface area (Å²) in [4.78, 5) is 2.44. The molecule has 19 heavy (non-hydrogen) atoms. The SMILES string of the molecule is CCN(CC)CCC(Cc1cc(C)ccc1C)NN. The maximum Gasteiger partial charge on any atom is 0.0263 e. The molecule has 3 nitrogen and oxygen atoms in total. The average Bonchev–Trinajstić information content (AvgIpc) is 2.42. The van der Waals surface area contributed by atoms with Crippen LogP contribution in [0.2, 0.25) is 0 Å². The van der Waals surface area contributed by atoms with Gasteiger partial charge >= 0.3 is 0 Å². The third-order valence-corrected chi connectivity index (χ3v) is 3.89. The van der Waals surface area contributed by atoms with Crippen molar-refractivity contribution in [1.82, 2.24) is 10.3 Å². The molecule has 3 heteroatoms. The molecular formula is C16H29N3. The minimum absolute atomic E-state index is 0.348. The van der Waals surface area contributed by atoms with Crippen molar-refractivity contribution in [3.63, 3.8) is 0 Å². The Balaban J connectivity index is 2.58. The summed E-state index contributed by atoms with van der Waals surface area (Å²) in [7, 11) is 0. The van der Waals surface area contributed by atoms with Gasteiger partial charge in [-0.25, -0.2) is 0 Å². The summed E-state index contributed by atoms with van der Waals surface area (Å²) >= 11 is 0. The van der Waals surface area contributed by atoms with Gasteiger partial charge < -0.3 is 4.90 Å². The summed E-state index contributed by atoms with van der Waals surface area (Å²) < 4.78 is 0. The maximum absolute atomic E-state index is 5.71. The van der Waals surface area contributed by atoms with Crippen LogP contribution >= 0.6 is 0 Å². The highest BCUT2D eigenvalue weighted by atomic mass is 15.2. The number of aryl methyl sites for hydroxylation is 2. The molecule has 1 rings (SSSR count). The second kappa shape index (κ2) is 8.31. The molecule has 3 N–H and O–H groups in total. The molecule has 0 radical (unpaired) electrons. The van der Waals surface area contributed by atoms with Gasteiger partial charge in [0.2, 0.25) is 0 Å². The van der Waals surface area contributed by atoms with Gasteiger partial charge in [0.15, 0.2) is 0 Å². The molecule has 0 aliphatic rings. The molecule has 0 bridgehead atoms. The zero-order valence-electron chi connectivity index (χ0n) is 12.9. The van der Waals surface area contributed by atoms with E-state index in [4.69, 9.17) is 5.84 Å². The van der Waals surface area contributed by atoms with E-state index >= 15 is 0 Å². The summed E-state index contributed by atoms with van der Waals surface area (Å²) in [6.07, 6.45) is 2.09. The highest BCUT2D eigenvalue weighted by Gasteiger charge is 2.11. The quantitative estimate of drug-likeness (QED) is 0.559. The van der Waals surface area contributed by atoms with Crippen molar-refractivity contribution in [1.29, 1.82) is 0 Å². The monoisotopic (exact) mass is 263 g/mol. The van der Waals surface area contributed by atoms with E-state index in [2.05, 4.69) is 56.2 Å². The van der Waals surface area contributed by atoms with Crippen LogP contribution in [0.25, 0.3) is 0 Å². The molecule has 0 saturated heterocycles. The van der Waals surface area contributed by atoms with E-state index in [1.54, 1.807) is 0 Å². The molecule has 1 aromatic carbocycles. The number of hydrazine groups is 1. The van der Waals surface area contributed by atoms with Crippen LogP contribution in [0, 0.1) is 13.8 Å². The molecule has 0 aromatic heterocycles. The van der Waals surface area contributed by atoms with Gasteiger partial charge in [-0.3, -0.25) is 11.3 Å². The van der Waals surface area contributed by atoms with Gasteiger partial charge in [-0.05, 0) is 57.5 Å². The minimum atomic E-state index is 0.348. The zero-order chi connectivity index (χ0) is 14.3. The van der Waals surface area contributed by atoms with Crippen molar-refractivity contribution >= 4 is 0 Å². The van der Waals surface area contributed by atoms with E-state index in [0.29, 0.717) is 6.04 Å². The van der Waals surface area contributed by atoms with Crippen LogP contribution in [0.5, 0.6) is 0 Å². The Kier molecular flexibility index (Phi) is 7.06. The standard InChI is InChI=1S/C16H29N3/c1-5-19(6-2)10-9-16(18-17)12-15-11-13(3)7-8-14(15)4/h7-8,11,16,18H,5-6,9-10,12,17H2,1-4H3. The van der Waals surface area contributed by atoms with Crippen molar-refractivity contribution in [2.75, 3.05) is 19.6 Å². The molecule has 0 heterocycles. The van der Waals surface area contributed by atoms with E-state index in [-0.39, 0.29) is 0 Å². The number of hydrogen-bond acceptors (Lipinski definition) is 3. The summed E-state index contributed by atoms with van der Waals surface area (Å²) in [6.45, 7) is 12.1. The second-order valence-electron chi connectivity index (χ2n) is 5.31. The van der Waals surface area contributed by atoms with Crippen molar-refractivity contribution in [3.8, 4) is 0 Å². The van der Waals surface area contributed by atoms with Crippen LogP contribution in [-0.4, -0.2) is 30.6 Å². The van der Waals surface area contributed by atoms with Crippen LogP contribution in [0.15, 0.2) is 18.2 Å². The van der Waals surface area contributed by atoms with Crippen molar-refractivity contribution in [3.05, 3.63) is 34.9 Å². The predicted molar refractivity (Wildman–Crippen MR) is 83.1 cm³/mol. The summed E-state index contributed by atoms with van der Waals surface area (Å²) in [5.74, 6) is 5.71. The fourth-order valence-corrected chi connectivity index (χ4v) is 2.41. The minimum Gasteiger partial charge on any atom is -0.304 e. The normalized spacial score (nSPS) is 12.9. The predicted octanol–water partition coefficient (Wildman–Crippen LogP) is 2.41. The largest absolute Gasteiger partial charge is 0.304 e. The number of nitrogens with one attached hydrogen (secondary N) is 1. The van der Waals surface area contributed by atoms with Crippen LogP contribution in [0.1, 0.15) is 37.0 Å².